The van der Waals surface area contributed by atoms with Crippen molar-refractivity contribution in [1.29, 1.82) is 0 Å². The number of aryl methyl sites for hydroxylation is 1. The molecule has 0 saturated heterocycles. The molecule has 3 aromatic rings. The van der Waals surface area contributed by atoms with E-state index in [1.54, 1.807) is 18.6 Å². The molecule has 23 heavy (non-hydrogen) atoms. The Morgan fingerprint density at radius 3 is 2.70 bits per heavy atom. The van der Waals surface area contributed by atoms with Crippen molar-refractivity contribution in [3.63, 3.8) is 0 Å². The van der Waals surface area contributed by atoms with Gasteiger partial charge in [-0.1, -0.05) is 4.49 Å². The number of allylic oxidation sites excluding steroid dienone is 1. The van der Waals surface area contributed by atoms with Crippen LogP contribution in [0.1, 0.15) is 21.1 Å². The minimum atomic E-state index is -0.0761. The number of rotatable bonds is 5. The highest BCUT2D eigenvalue weighted by molar-refractivity contribution is 7.17. The molecule has 0 amide bonds. The van der Waals surface area contributed by atoms with Gasteiger partial charge in [-0.3, -0.25) is 4.79 Å². The first-order valence-electron chi connectivity index (χ1n) is 6.78. The van der Waals surface area contributed by atoms with Crippen LogP contribution < -0.4 is 4.74 Å². The number of aromatic nitrogens is 3. The smallest absolute Gasteiger partial charge is 0.197 e. The van der Waals surface area contributed by atoms with Gasteiger partial charge in [0.25, 0.3) is 0 Å². The standard InChI is InChI=1S/C16H13N3O2S2/c1-10-15(14(20)8-5-12-9-22-19-18-12)23-16(17-10)11-3-6-13(21-2)7-4-11/h3-9H,1-2H3. The molecule has 0 N–H and O–H groups in total. The maximum absolute atomic E-state index is 12.3. The molecule has 0 aliphatic carbocycles. The third-order valence-corrected chi connectivity index (χ3v) is 4.88. The zero-order valence-corrected chi connectivity index (χ0v) is 14.1. The molecule has 0 fully saturated rings. The second kappa shape index (κ2) is 6.80. The summed E-state index contributed by atoms with van der Waals surface area (Å²) in [6, 6.07) is 7.62. The van der Waals surface area contributed by atoms with Crippen LogP contribution in [0.3, 0.4) is 0 Å². The highest BCUT2D eigenvalue weighted by Gasteiger charge is 2.14. The van der Waals surface area contributed by atoms with Crippen molar-refractivity contribution in [1.82, 2.24) is 14.6 Å². The molecule has 2 aromatic heterocycles. The van der Waals surface area contributed by atoms with Gasteiger partial charge in [-0.05, 0) is 54.9 Å². The number of thiazole rings is 1. The maximum Gasteiger partial charge on any atom is 0.197 e. The van der Waals surface area contributed by atoms with Crippen molar-refractivity contribution in [2.75, 3.05) is 7.11 Å². The molecule has 2 heterocycles. The summed E-state index contributed by atoms with van der Waals surface area (Å²) in [5.74, 6) is 0.714. The summed E-state index contributed by atoms with van der Waals surface area (Å²) in [5, 5.41) is 6.48. The summed E-state index contributed by atoms with van der Waals surface area (Å²) < 4.78 is 8.91. The van der Waals surface area contributed by atoms with Crippen molar-refractivity contribution in [3.8, 4) is 16.3 Å². The lowest BCUT2D eigenvalue weighted by atomic mass is 10.2. The summed E-state index contributed by atoms with van der Waals surface area (Å²) in [7, 11) is 1.63. The van der Waals surface area contributed by atoms with E-state index >= 15 is 0 Å². The Labute approximate surface area is 141 Å². The Hall–Kier alpha value is -2.38. The Morgan fingerprint density at radius 1 is 1.26 bits per heavy atom. The number of methoxy groups -OCH3 is 1. The quantitative estimate of drug-likeness (QED) is 0.520. The van der Waals surface area contributed by atoms with Crippen LogP contribution in [-0.2, 0) is 0 Å². The van der Waals surface area contributed by atoms with E-state index in [4.69, 9.17) is 4.74 Å². The largest absolute Gasteiger partial charge is 0.497 e. The molecule has 0 atom stereocenters. The van der Waals surface area contributed by atoms with Gasteiger partial charge in [0.2, 0.25) is 0 Å². The van der Waals surface area contributed by atoms with Gasteiger partial charge >= 0.3 is 0 Å². The van der Waals surface area contributed by atoms with Crippen molar-refractivity contribution < 1.29 is 9.53 Å². The number of carbonyl (C=O) groups is 1. The van der Waals surface area contributed by atoms with Crippen molar-refractivity contribution in [2.45, 2.75) is 6.92 Å². The molecule has 0 aliphatic heterocycles. The lowest BCUT2D eigenvalue weighted by Gasteiger charge is -1.99. The molecular weight excluding hydrogens is 330 g/mol. The lowest BCUT2D eigenvalue weighted by Crippen LogP contribution is -1.93. The van der Waals surface area contributed by atoms with E-state index in [1.165, 1.54) is 28.9 Å². The molecule has 0 saturated carbocycles. The number of nitrogens with zero attached hydrogens (tertiary/aromatic N) is 3. The maximum atomic E-state index is 12.3. The van der Waals surface area contributed by atoms with E-state index < -0.39 is 0 Å². The van der Waals surface area contributed by atoms with Gasteiger partial charge in [0.1, 0.15) is 10.8 Å². The second-order valence-electron chi connectivity index (χ2n) is 4.69. The number of ether oxygens (including phenoxy) is 1. The van der Waals surface area contributed by atoms with Crippen LogP contribution in [-0.4, -0.2) is 27.5 Å². The molecule has 3 rings (SSSR count). The highest BCUT2D eigenvalue weighted by Crippen LogP contribution is 2.29. The SMILES string of the molecule is COc1ccc(-c2nc(C)c(C(=O)C=Cc3csnn3)s2)cc1. The van der Waals surface area contributed by atoms with Crippen molar-refractivity contribution in [2.24, 2.45) is 0 Å². The summed E-state index contributed by atoms with van der Waals surface area (Å²) in [6.07, 6.45) is 3.17. The van der Waals surface area contributed by atoms with E-state index in [0.717, 1.165) is 22.0 Å². The molecule has 0 unspecified atom stereocenters. The zero-order valence-electron chi connectivity index (χ0n) is 12.5. The minimum absolute atomic E-state index is 0.0761. The molecular formula is C16H13N3O2S2. The first kappa shape index (κ1) is 15.5. The summed E-state index contributed by atoms with van der Waals surface area (Å²) in [6.45, 7) is 1.84. The fourth-order valence-corrected chi connectivity index (χ4v) is 3.38. The number of benzene rings is 1. The average molecular weight is 343 g/mol. The number of carbonyl (C=O) groups excluding carboxylic acids is 1. The second-order valence-corrected chi connectivity index (χ2v) is 6.30. The van der Waals surface area contributed by atoms with Crippen molar-refractivity contribution in [3.05, 3.63) is 52.0 Å². The van der Waals surface area contributed by atoms with Gasteiger partial charge in [0.15, 0.2) is 5.78 Å². The monoisotopic (exact) mass is 343 g/mol. The predicted molar refractivity (Wildman–Crippen MR) is 92.1 cm³/mol. The molecule has 0 bridgehead atoms. The molecule has 0 aliphatic rings. The third-order valence-electron chi connectivity index (χ3n) is 3.14. The fraction of sp³-hybridized carbons (Fsp3) is 0.125. The molecule has 1 aromatic carbocycles. The van der Waals surface area contributed by atoms with Crippen LogP contribution >= 0.6 is 22.9 Å². The summed E-state index contributed by atoms with van der Waals surface area (Å²) >= 11 is 2.64. The Kier molecular flexibility index (Phi) is 4.59. The Balaban J connectivity index is 1.83. The minimum Gasteiger partial charge on any atom is -0.497 e. The van der Waals surface area contributed by atoms with E-state index in [2.05, 4.69) is 14.6 Å². The van der Waals surface area contributed by atoms with E-state index in [9.17, 15) is 4.79 Å². The number of ketones is 1. The van der Waals surface area contributed by atoms with Crippen LogP contribution in [0.4, 0.5) is 0 Å². The molecule has 0 radical (unpaired) electrons. The number of hydrogen-bond donors (Lipinski definition) is 0. The van der Waals surface area contributed by atoms with E-state index in [-0.39, 0.29) is 5.78 Å². The van der Waals surface area contributed by atoms with Gasteiger partial charge < -0.3 is 4.74 Å². The average Bonchev–Trinajstić information content (AvgIpc) is 3.22. The van der Waals surface area contributed by atoms with Crippen LogP contribution in [0.2, 0.25) is 0 Å². The normalized spacial score (nSPS) is 11.0. The third kappa shape index (κ3) is 3.52. The highest BCUT2D eigenvalue weighted by atomic mass is 32.1. The molecule has 116 valence electrons. The van der Waals surface area contributed by atoms with Crippen LogP contribution in [0.5, 0.6) is 5.75 Å². The van der Waals surface area contributed by atoms with Gasteiger partial charge in [0.05, 0.1) is 23.4 Å². The van der Waals surface area contributed by atoms with E-state index in [1.807, 2.05) is 31.2 Å². The first-order chi connectivity index (χ1) is 11.2. The van der Waals surface area contributed by atoms with Gasteiger partial charge in [-0.2, -0.15) is 0 Å². The number of hydrogen-bond acceptors (Lipinski definition) is 7. The molecule has 7 heteroatoms. The summed E-state index contributed by atoms with van der Waals surface area (Å²) in [4.78, 5) is 17.5. The molecule has 0 spiro atoms. The van der Waals surface area contributed by atoms with Gasteiger partial charge in [-0.25, -0.2) is 4.98 Å². The van der Waals surface area contributed by atoms with Gasteiger partial charge in [0, 0.05) is 10.9 Å². The van der Waals surface area contributed by atoms with Gasteiger partial charge in [-0.15, -0.1) is 16.4 Å². The molecule has 5 nitrogen and oxygen atoms in total. The topological polar surface area (TPSA) is 65.0 Å². The van der Waals surface area contributed by atoms with Crippen molar-refractivity contribution >= 4 is 34.7 Å². The Bertz CT molecular complexity index is 837. The predicted octanol–water partition coefficient (Wildman–Crippen LogP) is 3.87. The first-order valence-corrected chi connectivity index (χ1v) is 8.44. The van der Waals surface area contributed by atoms with Crippen LogP contribution in [0.15, 0.2) is 35.7 Å². The fourth-order valence-electron chi connectivity index (χ4n) is 1.96. The van der Waals surface area contributed by atoms with Crippen LogP contribution in [0.25, 0.3) is 16.6 Å². The zero-order chi connectivity index (χ0) is 16.2. The summed E-state index contributed by atoms with van der Waals surface area (Å²) in [5.41, 5.74) is 2.37. The van der Waals surface area contributed by atoms with Crippen LogP contribution in [0, 0.1) is 6.92 Å². The lowest BCUT2D eigenvalue weighted by molar-refractivity contribution is 0.105. The van der Waals surface area contributed by atoms with E-state index in [0.29, 0.717) is 10.6 Å². The Morgan fingerprint density at radius 2 is 2.04 bits per heavy atom.